The van der Waals surface area contributed by atoms with E-state index < -0.39 is 49.1 Å². The number of carbonyl (C=O) groups is 4. The van der Waals surface area contributed by atoms with Crippen molar-refractivity contribution in [3.05, 3.63) is 131 Å². The molecule has 4 aromatic rings. The number of hydrogen-bond donors (Lipinski definition) is 0. The second kappa shape index (κ2) is 22.5. The molecule has 0 fully saturated rings. The molecule has 0 saturated heterocycles. The van der Waals surface area contributed by atoms with Gasteiger partial charge in [0.2, 0.25) is 0 Å². The highest BCUT2D eigenvalue weighted by Gasteiger charge is 2.27. The van der Waals surface area contributed by atoms with Crippen molar-refractivity contribution in [1.29, 1.82) is 0 Å². The van der Waals surface area contributed by atoms with Crippen molar-refractivity contribution in [3.63, 3.8) is 0 Å². The van der Waals surface area contributed by atoms with Gasteiger partial charge in [0.1, 0.15) is 23.0 Å². The van der Waals surface area contributed by atoms with Crippen molar-refractivity contribution < 1.29 is 73.9 Å². The molecule has 10 nitrogen and oxygen atoms in total. The minimum atomic E-state index is -4.25. The molecule has 0 unspecified atom stereocenters. The van der Waals surface area contributed by atoms with E-state index in [1.165, 1.54) is 97.1 Å². The Morgan fingerprint density at radius 1 is 0.517 bits per heavy atom. The van der Waals surface area contributed by atoms with Crippen LogP contribution in [0.4, 0.5) is 26.3 Å². The first-order valence-corrected chi connectivity index (χ1v) is 18.4. The molecular formula is C44H40F6O10. The lowest BCUT2D eigenvalue weighted by Gasteiger charge is -2.11. The zero-order valence-corrected chi connectivity index (χ0v) is 32.1. The van der Waals surface area contributed by atoms with Crippen LogP contribution in [-0.4, -0.2) is 62.7 Å². The smallest absolute Gasteiger partial charge is 0.389 e. The Kier molecular flexibility index (Phi) is 17.3. The summed E-state index contributed by atoms with van der Waals surface area (Å²) < 4.78 is 105. The maximum atomic E-state index is 12.5. The van der Waals surface area contributed by atoms with Crippen molar-refractivity contribution >= 4 is 36.0 Å². The minimum absolute atomic E-state index is 0.0241. The largest absolute Gasteiger partial charge is 0.494 e. The Morgan fingerprint density at radius 3 is 1.18 bits per heavy atom. The Morgan fingerprint density at radius 2 is 0.850 bits per heavy atom. The van der Waals surface area contributed by atoms with Gasteiger partial charge in [-0.15, -0.1) is 0 Å². The van der Waals surface area contributed by atoms with Crippen LogP contribution < -0.4 is 18.9 Å². The third-order valence-corrected chi connectivity index (χ3v) is 7.95. The van der Waals surface area contributed by atoms with Gasteiger partial charge in [0.15, 0.2) is 0 Å². The third kappa shape index (κ3) is 17.9. The maximum absolute atomic E-state index is 12.5. The molecule has 0 aliphatic rings. The average Bonchev–Trinajstić information content (AvgIpc) is 3.21. The second-order valence-electron chi connectivity index (χ2n) is 13.1. The molecule has 0 radical (unpaired) electrons. The van der Waals surface area contributed by atoms with Crippen LogP contribution in [-0.2, 0) is 19.1 Å². The summed E-state index contributed by atoms with van der Waals surface area (Å²) in [7, 11) is 0. The predicted octanol–water partition coefficient (Wildman–Crippen LogP) is 10.0. The van der Waals surface area contributed by atoms with E-state index >= 15 is 0 Å². The monoisotopic (exact) mass is 842 g/mol. The van der Waals surface area contributed by atoms with Gasteiger partial charge in [-0.2, -0.15) is 26.3 Å². The van der Waals surface area contributed by atoms with Crippen LogP contribution in [0.2, 0.25) is 0 Å². The first-order valence-electron chi connectivity index (χ1n) is 18.4. The molecule has 0 saturated carbocycles. The van der Waals surface area contributed by atoms with E-state index in [0.29, 0.717) is 22.6 Å². The fourth-order valence-corrected chi connectivity index (χ4v) is 4.85. The summed E-state index contributed by atoms with van der Waals surface area (Å²) in [5.41, 5.74) is 1.64. The SMILES string of the molecule is CC(COC(=O)/C=C/c1ccc(OC(=O)c2ccc(OCCCC(F)(F)F)cc2)cc1)COC(=O)/C=C/c1ccc(OC(=O)c2ccc(OCCCC(F)(F)F)cc2)cc1. The van der Waals surface area contributed by atoms with Gasteiger partial charge in [0.25, 0.3) is 0 Å². The molecule has 318 valence electrons. The van der Waals surface area contributed by atoms with E-state index in [-0.39, 0.29) is 67.8 Å². The number of benzene rings is 4. The lowest BCUT2D eigenvalue weighted by Crippen LogP contribution is -2.17. The zero-order chi connectivity index (χ0) is 43.5. The Labute approximate surface area is 341 Å². The summed E-state index contributed by atoms with van der Waals surface area (Å²) in [5, 5.41) is 0. The van der Waals surface area contributed by atoms with Crippen LogP contribution in [0.15, 0.2) is 109 Å². The standard InChI is InChI=1S/C44H40F6O10/c1-30(28-57-39(51)22-8-31-4-14-37(15-5-31)59-41(53)33-10-18-35(19-11-33)55-26-2-24-43(45,46)47)29-58-40(52)23-9-32-6-16-38(17-7-32)60-42(54)34-12-20-36(21-13-34)56-27-3-25-44(48,49)50/h4-23,30H,2-3,24-29H2,1H3/b22-8+,23-9+. The number of carbonyl (C=O) groups excluding carboxylic acids is 4. The van der Waals surface area contributed by atoms with Gasteiger partial charge >= 0.3 is 36.2 Å². The lowest BCUT2D eigenvalue weighted by molar-refractivity contribution is -0.142. The molecule has 4 aromatic carbocycles. The Bertz CT molecular complexity index is 1910. The van der Waals surface area contributed by atoms with Gasteiger partial charge in [0.05, 0.1) is 37.6 Å². The van der Waals surface area contributed by atoms with E-state index in [1.807, 2.05) is 0 Å². The molecule has 0 heterocycles. The van der Waals surface area contributed by atoms with Crippen LogP contribution in [0.3, 0.4) is 0 Å². The summed E-state index contributed by atoms with van der Waals surface area (Å²) in [6.45, 7) is 1.45. The van der Waals surface area contributed by atoms with Gasteiger partial charge in [-0.25, -0.2) is 19.2 Å². The summed E-state index contributed by atoms with van der Waals surface area (Å²) >= 11 is 0. The van der Waals surface area contributed by atoms with Crippen LogP contribution >= 0.6 is 0 Å². The molecule has 16 heteroatoms. The molecule has 60 heavy (non-hydrogen) atoms. The number of rotatable bonds is 20. The van der Waals surface area contributed by atoms with Gasteiger partial charge in [-0.1, -0.05) is 31.2 Å². The topological polar surface area (TPSA) is 124 Å². The van der Waals surface area contributed by atoms with Gasteiger partial charge < -0.3 is 28.4 Å². The van der Waals surface area contributed by atoms with E-state index in [4.69, 9.17) is 28.4 Å². The minimum Gasteiger partial charge on any atom is -0.494 e. The molecule has 0 spiro atoms. The zero-order valence-electron chi connectivity index (χ0n) is 32.1. The normalized spacial score (nSPS) is 11.7. The summed E-state index contributed by atoms with van der Waals surface area (Å²) in [6, 6.07) is 24.1. The first kappa shape index (κ1) is 46.1. The number of ether oxygens (including phenoxy) is 6. The Hall–Kier alpha value is -6.58. The first-order chi connectivity index (χ1) is 28.5. The van der Waals surface area contributed by atoms with Gasteiger partial charge in [0, 0.05) is 30.9 Å². The van der Waals surface area contributed by atoms with Gasteiger partial charge in [-0.3, -0.25) is 0 Å². The highest BCUT2D eigenvalue weighted by atomic mass is 19.4. The fourth-order valence-electron chi connectivity index (χ4n) is 4.85. The number of hydrogen-bond acceptors (Lipinski definition) is 10. The molecule has 0 aromatic heterocycles. The average molecular weight is 843 g/mol. The van der Waals surface area contributed by atoms with Crippen LogP contribution in [0.25, 0.3) is 12.2 Å². The van der Waals surface area contributed by atoms with E-state index in [0.717, 1.165) is 0 Å². The lowest BCUT2D eigenvalue weighted by atomic mass is 10.2. The summed E-state index contributed by atoms with van der Waals surface area (Å²) in [6.07, 6.45) is -5.33. The summed E-state index contributed by atoms with van der Waals surface area (Å²) in [5.74, 6) is -1.77. The van der Waals surface area contributed by atoms with Gasteiger partial charge in [-0.05, 0) is 109 Å². The molecule has 0 aliphatic carbocycles. The molecule has 0 bridgehead atoms. The molecule has 0 N–H and O–H groups in total. The predicted molar refractivity (Wildman–Crippen MR) is 206 cm³/mol. The fraction of sp³-hybridized carbons (Fsp3) is 0.273. The quantitative estimate of drug-likeness (QED) is 0.0279. The number of halogens is 6. The van der Waals surface area contributed by atoms with Crippen molar-refractivity contribution in [2.24, 2.45) is 5.92 Å². The molecular weight excluding hydrogens is 802 g/mol. The van der Waals surface area contributed by atoms with Crippen molar-refractivity contribution in [3.8, 4) is 23.0 Å². The number of alkyl halides is 6. The third-order valence-electron chi connectivity index (χ3n) is 7.95. The van der Waals surface area contributed by atoms with E-state index in [2.05, 4.69) is 0 Å². The molecule has 4 rings (SSSR count). The Balaban J connectivity index is 1.10. The maximum Gasteiger partial charge on any atom is 0.389 e. The van der Waals surface area contributed by atoms with E-state index in [9.17, 15) is 45.5 Å². The summed E-state index contributed by atoms with van der Waals surface area (Å²) in [4.78, 5) is 49.5. The molecule has 0 atom stereocenters. The van der Waals surface area contributed by atoms with E-state index in [1.54, 1.807) is 31.2 Å². The van der Waals surface area contributed by atoms with Crippen molar-refractivity contribution in [2.75, 3.05) is 26.4 Å². The highest BCUT2D eigenvalue weighted by molar-refractivity contribution is 5.92. The molecule has 0 aliphatic heterocycles. The number of esters is 4. The van der Waals surface area contributed by atoms with Crippen LogP contribution in [0.5, 0.6) is 23.0 Å². The van der Waals surface area contributed by atoms with Crippen molar-refractivity contribution in [1.82, 2.24) is 0 Å². The van der Waals surface area contributed by atoms with Crippen molar-refractivity contribution in [2.45, 2.75) is 45.0 Å². The molecule has 0 amide bonds. The second-order valence-corrected chi connectivity index (χ2v) is 13.1. The highest BCUT2D eigenvalue weighted by Crippen LogP contribution is 2.24. The van der Waals surface area contributed by atoms with Crippen LogP contribution in [0, 0.1) is 5.92 Å². The van der Waals surface area contributed by atoms with Crippen LogP contribution in [0.1, 0.15) is 64.4 Å².